The fourth-order valence-electron chi connectivity index (χ4n) is 0.903. The van der Waals surface area contributed by atoms with Crippen LogP contribution in [0.5, 0.6) is 5.75 Å². The molecule has 0 bridgehead atoms. The molecular weight excluding hydrogens is 208 g/mol. The molecule has 0 amide bonds. The molecule has 0 fully saturated rings. The molecule has 0 N–H and O–H groups in total. The monoisotopic (exact) mass is 218 g/mol. The van der Waals surface area contributed by atoms with Crippen LogP contribution in [0.2, 0.25) is 5.15 Å². The van der Waals surface area contributed by atoms with Gasteiger partial charge >= 0.3 is 0 Å². The molecule has 1 aromatic rings. The Labute approximate surface area is 86.2 Å². The van der Waals surface area contributed by atoms with Crippen molar-refractivity contribution in [2.45, 2.75) is 13.7 Å². The Kier molecular flexibility index (Phi) is 3.91. The van der Waals surface area contributed by atoms with Crippen LogP contribution in [0.1, 0.15) is 6.92 Å². The molecule has 1 aromatic heterocycles. The van der Waals surface area contributed by atoms with Gasteiger partial charge in [0.2, 0.25) is 5.75 Å². The van der Waals surface area contributed by atoms with Gasteiger partial charge in [0.05, 0.1) is 7.11 Å². The maximum absolute atomic E-state index is 11.6. The summed E-state index contributed by atoms with van der Waals surface area (Å²) in [5, 5.41) is 0.0604. The molecule has 1 heterocycles. The quantitative estimate of drug-likeness (QED) is 0.705. The largest absolute Gasteiger partial charge is 0.489 e. The summed E-state index contributed by atoms with van der Waals surface area (Å²) < 4.78 is 11.2. The van der Waals surface area contributed by atoms with E-state index in [0.717, 1.165) is 0 Å². The topological polar surface area (TPSA) is 53.4 Å². The van der Waals surface area contributed by atoms with Crippen molar-refractivity contribution in [3.63, 3.8) is 0 Å². The molecule has 1 rings (SSSR count). The number of aromatic nitrogens is 2. The van der Waals surface area contributed by atoms with Gasteiger partial charge in [0, 0.05) is 6.61 Å². The van der Waals surface area contributed by atoms with Crippen LogP contribution in [0.3, 0.4) is 0 Å². The number of halogens is 1. The molecule has 0 aliphatic heterocycles. The highest BCUT2D eigenvalue weighted by Crippen LogP contribution is 2.14. The van der Waals surface area contributed by atoms with E-state index in [9.17, 15) is 4.79 Å². The number of rotatable bonds is 4. The molecule has 0 aliphatic carbocycles. The molecule has 14 heavy (non-hydrogen) atoms. The summed E-state index contributed by atoms with van der Waals surface area (Å²) in [7, 11) is 1.37. The molecule has 0 atom stereocenters. The lowest BCUT2D eigenvalue weighted by molar-refractivity contribution is 0.0838. The first-order valence-corrected chi connectivity index (χ1v) is 4.45. The Morgan fingerprint density at radius 1 is 1.64 bits per heavy atom. The van der Waals surface area contributed by atoms with Gasteiger partial charge in [-0.3, -0.25) is 9.36 Å². The second-order valence-electron chi connectivity index (χ2n) is 2.47. The fourth-order valence-corrected chi connectivity index (χ4v) is 1.10. The van der Waals surface area contributed by atoms with Crippen molar-refractivity contribution >= 4 is 11.6 Å². The summed E-state index contributed by atoms with van der Waals surface area (Å²) in [6, 6.07) is 0. The maximum Gasteiger partial charge on any atom is 0.299 e. The molecule has 0 saturated heterocycles. The Balaban J connectivity index is 3.02. The summed E-state index contributed by atoms with van der Waals surface area (Å²) in [6.45, 7) is 2.51. The lowest BCUT2D eigenvalue weighted by atomic mass is 10.6. The highest BCUT2D eigenvalue weighted by Gasteiger charge is 2.09. The summed E-state index contributed by atoms with van der Waals surface area (Å²) in [5.74, 6) is 0.0360. The average Bonchev–Trinajstić information content (AvgIpc) is 2.18. The third kappa shape index (κ3) is 2.24. The van der Waals surface area contributed by atoms with E-state index < -0.39 is 0 Å². The third-order valence-electron chi connectivity index (χ3n) is 1.59. The lowest BCUT2D eigenvalue weighted by Crippen LogP contribution is -2.23. The highest BCUT2D eigenvalue weighted by atomic mass is 35.5. The molecule has 78 valence electrons. The van der Waals surface area contributed by atoms with Crippen LogP contribution in [0.15, 0.2) is 11.1 Å². The van der Waals surface area contributed by atoms with Crippen LogP contribution in [-0.2, 0) is 11.5 Å². The maximum atomic E-state index is 11.6. The first-order chi connectivity index (χ1) is 6.70. The zero-order chi connectivity index (χ0) is 10.6. The van der Waals surface area contributed by atoms with Gasteiger partial charge in [0.25, 0.3) is 5.56 Å². The van der Waals surface area contributed by atoms with E-state index in [0.29, 0.717) is 6.61 Å². The molecule has 0 aliphatic rings. The van der Waals surface area contributed by atoms with Crippen molar-refractivity contribution in [2.24, 2.45) is 0 Å². The predicted octanol–water partition coefficient (Wildman–Crippen LogP) is 0.899. The SMILES string of the molecule is CCOCn1cnc(Cl)c(OC)c1=O. The first kappa shape index (κ1) is 11.0. The average molecular weight is 219 g/mol. The van der Waals surface area contributed by atoms with E-state index in [4.69, 9.17) is 21.1 Å². The molecule has 6 heteroatoms. The van der Waals surface area contributed by atoms with Gasteiger partial charge < -0.3 is 9.47 Å². The minimum atomic E-state index is -0.346. The lowest BCUT2D eigenvalue weighted by Gasteiger charge is -2.07. The van der Waals surface area contributed by atoms with Gasteiger partial charge in [-0.15, -0.1) is 0 Å². The predicted molar refractivity (Wildman–Crippen MR) is 51.7 cm³/mol. The Hall–Kier alpha value is -1.07. The normalized spacial score (nSPS) is 10.2. The molecule has 0 aromatic carbocycles. The van der Waals surface area contributed by atoms with Crippen molar-refractivity contribution in [3.05, 3.63) is 21.8 Å². The van der Waals surface area contributed by atoms with Gasteiger partial charge in [-0.2, -0.15) is 0 Å². The third-order valence-corrected chi connectivity index (χ3v) is 1.86. The van der Waals surface area contributed by atoms with Crippen LogP contribution < -0.4 is 10.3 Å². The van der Waals surface area contributed by atoms with Crippen molar-refractivity contribution in [2.75, 3.05) is 13.7 Å². The Morgan fingerprint density at radius 2 is 2.36 bits per heavy atom. The van der Waals surface area contributed by atoms with Crippen LogP contribution in [0.25, 0.3) is 0 Å². The van der Waals surface area contributed by atoms with Gasteiger partial charge in [0.1, 0.15) is 13.1 Å². The molecule has 0 spiro atoms. The van der Waals surface area contributed by atoms with Gasteiger partial charge in [-0.05, 0) is 6.92 Å². The molecule has 0 unspecified atom stereocenters. The first-order valence-electron chi connectivity index (χ1n) is 4.07. The van der Waals surface area contributed by atoms with Gasteiger partial charge in [-0.1, -0.05) is 11.6 Å². The summed E-state index contributed by atoms with van der Waals surface area (Å²) >= 11 is 5.65. The number of hydrogen-bond acceptors (Lipinski definition) is 4. The smallest absolute Gasteiger partial charge is 0.299 e. The number of nitrogens with zero attached hydrogens (tertiary/aromatic N) is 2. The number of hydrogen-bond donors (Lipinski definition) is 0. The Bertz CT molecular complexity index is 364. The van der Waals surface area contributed by atoms with Crippen molar-refractivity contribution in [1.29, 1.82) is 0 Å². The van der Waals surface area contributed by atoms with E-state index in [2.05, 4.69) is 4.98 Å². The van der Waals surface area contributed by atoms with E-state index in [-0.39, 0.29) is 23.2 Å². The summed E-state index contributed by atoms with van der Waals surface area (Å²) in [6.07, 6.45) is 1.32. The van der Waals surface area contributed by atoms with Crippen LogP contribution >= 0.6 is 11.6 Å². The van der Waals surface area contributed by atoms with Crippen LogP contribution in [0.4, 0.5) is 0 Å². The van der Waals surface area contributed by atoms with Crippen LogP contribution in [-0.4, -0.2) is 23.3 Å². The molecule has 0 saturated carbocycles. The van der Waals surface area contributed by atoms with E-state index >= 15 is 0 Å². The van der Waals surface area contributed by atoms with E-state index in [1.807, 2.05) is 6.92 Å². The minimum absolute atomic E-state index is 0.0360. The van der Waals surface area contributed by atoms with Gasteiger partial charge in [-0.25, -0.2) is 4.98 Å². The van der Waals surface area contributed by atoms with E-state index in [1.165, 1.54) is 18.0 Å². The fraction of sp³-hybridized carbons (Fsp3) is 0.500. The number of methoxy groups -OCH3 is 1. The molecule has 5 nitrogen and oxygen atoms in total. The van der Waals surface area contributed by atoms with Crippen molar-refractivity contribution in [3.8, 4) is 5.75 Å². The highest BCUT2D eigenvalue weighted by molar-refractivity contribution is 6.30. The van der Waals surface area contributed by atoms with Crippen molar-refractivity contribution in [1.82, 2.24) is 9.55 Å². The number of ether oxygens (including phenoxy) is 2. The molecular formula is C8H11ClN2O3. The standard InChI is InChI=1S/C8H11ClN2O3/c1-3-14-5-11-4-10-7(9)6(13-2)8(11)12/h4H,3,5H2,1-2H3. The van der Waals surface area contributed by atoms with Gasteiger partial charge in [0.15, 0.2) is 5.15 Å². The van der Waals surface area contributed by atoms with Crippen LogP contribution in [0, 0.1) is 0 Å². The zero-order valence-electron chi connectivity index (χ0n) is 7.99. The summed E-state index contributed by atoms with van der Waals surface area (Å²) in [4.78, 5) is 15.3. The molecule has 0 radical (unpaired) electrons. The second-order valence-corrected chi connectivity index (χ2v) is 2.82. The van der Waals surface area contributed by atoms with E-state index in [1.54, 1.807) is 0 Å². The van der Waals surface area contributed by atoms with Crippen molar-refractivity contribution < 1.29 is 9.47 Å². The minimum Gasteiger partial charge on any atom is -0.489 e. The zero-order valence-corrected chi connectivity index (χ0v) is 8.74. The summed E-state index contributed by atoms with van der Waals surface area (Å²) in [5.41, 5.74) is -0.346. The Morgan fingerprint density at radius 3 is 2.93 bits per heavy atom. The second kappa shape index (κ2) is 4.97.